The number of rotatable bonds is 37. The van der Waals surface area contributed by atoms with Crippen molar-refractivity contribution in [3.8, 4) is 22.5 Å². The zero-order valence-electron chi connectivity index (χ0n) is 39.0. The van der Waals surface area contributed by atoms with Gasteiger partial charge < -0.3 is 14.8 Å². The van der Waals surface area contributed by atoms with E-state index >= 15 is 0 Å². The van der Waals surface area contributed by atoms with Crippen molar-refractivity contribution in [2.24, 2.45) is 4.99 Å². The minimum atomic E-state index is -0.930. The van der Waals surface area contributed by atoms with Gasteiger partial charge in [-0.3, -0.25) is 4.99 Å². The summed E-state index contributed by atoms with van der Waals surface area (Å²) in [6.45, 7) is 6.31. The van der Waals surface area contributed by atoms with Crippen LogP contribution < -0.4 is 10.7 Å². The molecule has 1 heterocycles. The molecule has 5 heteroatoms. The normalized spacial score (nSPS) is 11.9. The molecule has 2 aromatic carbocycles. The second-order valence-electron chi connectivity index (χ2n) is 18.1. The lowest BCUT2D eigenvalue weighted by molar-refractivity contribution is 0.0697. The molecule has 2 aliphatic rings. The van der Waals surface area contributed by atoms with Crippen LogP contribution in [0.25, 0.3) is 33.4 Å². The van der Waals surface area contributed by atoms with Gasteiger partial charge in [0.15, 0.2) is 0 Å². The second-order valence-corrected chi connectivity index (χ2v) is 18.1. The fourth-order valence-electron chi connectivity index (χ4n) is 9.04. The van der Waals surface area contributed by atoms with Crippen LogP contribution in [0.1, 0.15) is 230 Å². The number of carbonyl (C=O) groups is 1. The van der Waals surface area contributed by atoms with E-state index in [0.717, 1.165) is 64.8 Å². The van der Waals surface area contributed by atoms with E-state index in [2.05, 4.69) is 49.5 Å². The molecule has 0 atom stereocenters. The first kappa shape index (κ1) is 50.0. The largest absolute Gasteiger partial charge is 0.478 e. The summed E-state index contributed by atoms with van der Waals surface area (Å²) in [6, 6.07) is 19.7. The number of anilines is 1. The van der Waals surface area contributed by atoms with Gasteiger partial charge in [0.25, 0.3) is 0 Å². The topological polar surface area (TPSA) is 74.8 Å². The molecular formula is C56H86N2O3. The summed E-state index contributed by atoms with van der Waals surface area (Å²) in [5, 5.41) is 15.6. The van der Waals surface area contributed by atoms with Crippen LogP contribution >= 0.6 is 0 Å². The summed E-state index contributed by atoms with van der Waals surface area (Å²) in [4.78, 5) is 17.3. The van der Waals surface area contributed by atoms with E-state index in [0.29, 0.717) is 11.1 Å². The molecule has 0 amide bonds. The van der Waals surface area contributed by atoms with Crippen molar-refractivity contribution in [2.45, 2.75) is 219 Å². The van der Waals surface area contributed by atoms with E-state index in [9.17, 15) is 9.90 Å². The number of aromatic carboxylic acids is 1. The summed E-state index contributed by atoms with van der Waals surface area (Å²) in [7, 11) is 0. The molecule has 0 aromatic heterocycles. The van der Waals surface area contributed by atoms with Gasteiger partial charge in [-0.2, -0.15) is 0 Å². The Morgan fingerprint density at radius 2 is 1.00 bits per heavy atom. The molecule has 1 aliphatic heterocycles. The van der Waals surface area contributed by atoms with Crippen molar-refractivity contribution < 1.29 is 14.3 Å². The smallest absolute Gasteiger partial charge is 0.336 e. The van der Waals surface area contributed by atoms with Crippen LogP contribution in [-0.2, 0) is 0 Å². The lowest BCUT2D eigenvalue weighted by Gasteiger charge is -2.17. The van der Waals surface area contributed by atoms with E-state index in [1.54, 1.807) is 12.1 Å². The fourth-order valence-corrected chi connectivity index (χ4v) is 9.04. The maximum absolute atomic E-state index is 12.4. The van der Waals surface area contributed by atoms with Crippen molar-refractivity contribution in [1.29, 1.82) is 0 Å². The lowest BCUT2D eigenvalue weighted by Crippen LogP contribution is -2.06. The minimum absolute atomic E-state index is 0.291. The SMILES string of the molecule is CCCCCCCCCCCCCCCCCCN=c1ccc2c(-c3ccccc3C(=O)O)c3ccc(NCCCCCCCCCCCCCCCCCC)cc3oc-2c1. The van der Waals surface area contributed by atoms with Gasteiger partial charge in [0.05, 0.1) is 10.9 Å². The van der Waals surface area contributed by atoms with Crippen LogP contribution in [0.4, 0.5) is 5.69 Å². The van der Waals surface area contributed by atoms with Gasteiger partial charge in [-0.25, -0.2) is 4.79 Å². The number of fused-ring (bicyclic) bond motifs is 2. The van der Waals surface area contributed by atoms with Crippen LogP contribution in [0.2, 0.25) is 0 Å². The number of hydrogen-bond donors (Lipinski definition) is 2. The molecule has 0 bridgehead atoms. The fraction of sp³-hybridized carbons (Fsp3) is 0.643. The summed E-state index contributed by atoms with van der Waals surface area (Å²) in [5.74, 6) is -0.203. The van der Waals surface area contributed by atoms with E-state index < -0.39 is 5.97 Å². The summed E-state index contributed by atoms with van der Waals surface area (Å²) < 4.78 is 6.62. The predicted molar refractivity (Wildman–Crippen MR) is 263 cm³/mol. The Kier molecular flexibility index (Phi) is 26.4. The van der Waals surface area contributed by atoms with Crippen LogP contribution in [0.5, 0.6) is 0 Å². The number of carboxylic acids is 1. The monoisotopic (exact) mass is 835 g/mol. The predicted octanol–water partition coefficient (Wildman–Crippen LogP) is 17.7. The van der Waals surface area contributed by atoms with Gasteiger partial charge >= 0.3 is 5.97 Å². The molecule has 2 N–H and O–H groups in total. The number of hydrogen-bond acceptors (Lipinski definition) is 4. The summed E-state index contributed by atoms with van der Waals surface area (Å²) in [5.41, 5.74) is 4.55. The maximum atomic E-state index is 12.4. The van der Waals surface area contributed by atoms with Gasteiger partial charge in [-0.15, -0.1) is 0 Å². The molecule has 4 rings (SSSR count). The van der Waals surface area contributed by atoms with Crippen LogP contribution in [-0.4, -0.2) is 24.2 Å². The molecule has 61 heavy (non-hydrogen) atoms. The molecule has 2 aromatic rings. The Morgan fingerprint density at radius 3 is 1.51 bits per heavy atom. The molecule has 1 aliphatic carbocycles. The average molecular weight is 835 g/mol. The molecular weight excluding hydrogens is 749 g/mol. The summed E-state index contributed by atoms with van der Waals surface area (Å²) in [6.07, 6.45) is 43.7. The van der Waals surface area contributed by atoms with Crippen molar-refractivity contribution in [1.82, 2.24) is 0 Å². The molecule has 0 saturated heterocycles. The number of benzene rings is 3. The average Bonchev–Trinajstić information content (AvgIpc) is 3.27. The molecule has 0 radical (unpaired) electrons. The lowest BCUT2D eigenvalue weighted by atomic mass is 9.90. The van der Waals surface area contributed by atoms with Gasteiger partial charge in [0.2, 0.25) is 0 Å². The Labute approximate surface area is 372 Å². The van der Waals surface area contributed by atoms with Crippen LogP contribution in [0.15, 0.2) is 70.1 Å². The van der Waals surface area contributed by atoms with Gasteiger partial charge in [0, 0.05) is 47.4 Å². The molecule has 0 spiro atoms. The highest BCUT2D eigenvalue weighted by Crippen LogP contribution is 2.41. The third kappa shape index (κ3) is 20.0. The molecule has 0 unspecified atom stereocenters. The molecule has 0 saturated carbocycles. The van der Waals surface area contributed by atoms with Gasteiger partial charge in [-0.05, 0) is 48.7 Å². The van der Waals surface area contributed by atoms with Gasteiger partial charge in [0.1, 0.15) is 11.3 Å². The number of nitrogens with zero attached hydrogens (tertiary/aromatic N) is 1. The van der Waals surface area contributed by atoms with Crippen molar-refractivity contribution in [3.63, 3.8) is 0 Å². The van der Waals surface area contributed by atoms with Crippen molar-refractivity contribution in [2.75, 3.05) is 18.4 Å². The number of carboxylic acid groups (broad SMARTS) is 1. The van der Waals surface area contributed by atoms with Crippen molar-refractivity contribution in [3.05, 3.63) is 71.6 Å². The Hall–Kier alpha value is -3.60. The number of nitrogens with one attached hydrogen (secondary N) is 1. The standard InChI is InChI=1S/C56H86N2O3/c1-3-5-7-9-11-13-15-17-19-21-23-25-27-29-31-35-43-57-47-39-41-51-53(45-47)61-54-46-48(40-42-52(54)55(51)49-37-33-34-38-50(49)56(59)60)58-44-36-32-30-28-26-24-22-20-18-16-14-12-10-8-6-4-2/h33-34,37-42,45-46,57H,3-32,35-36,43-44H2,1-2H3,(H,59,60). The Balaban J connectivity index is 1.22. The summed E-state index contributed by atoms with van der Waals surface area (Å²) >= 11 is 0. The Bertz CT molecular complexity index is 1780. The first-order chi connectivity index (χ1) is 30.1. The zero-order chi connectivity index (χ0) is 43.0. The van der Waals surface area contributed by atoms with Crippen LogP contribution in [0, 0.1) is 0 Å². The van der Waals surface area contributed by atoms with E-state index in [1.807, 2.05) is 18.2 Å². The van der Waals surface area contributed by atoms with E-state index in [-0.39, 0.29) is 0 Å². The molecule has 5 nitrogen and oxygen atoms in total. The first-order valence-electron chi connectivity index (χ1n) is 25.7. The van der Waals surface area contributed by atoms with E-state index in [1.165, 1.54) is 193 Å². The third-order valence-electron chi connectivity index (χ3n) is 12.8. The van der Waals surface area contributed by atoms with Gasteiger partial charge in [-0.1, -0.05) is 225 Å². The van der Waals surface area contributed by atoms with Crippen molar-refractivity contribution >= 4 is 22.6 Å². The minimum Gasteiger partial charge on any atom is -0.478 e. The Morgan fingerprint density at radius 1 is 0.525 bits per heavy atom. The second kappa shape index (κ2) is 32.1. The van der Waals surface area contributed by atoms with E-state index in [4.69, 9.17) is 9.41 Å². The maximum Gasteiger partial charge on any atom is 0.336 e. The molecule has 338 valence electrons. The highest BCUT2D eigenvalue weighted by molar-refractivity contribution is 6.07. The highest BCUT2D eigenvalue weighted by atomic mass is 16.4. The molecule has 0 fully saturated rings. The van der Waals surface area contributed by atoms with Crippen LogP contribution in [0.3, 0.4) is 0 Å². The number of unbranched alkanes of at least 4 members (excludes halogenated alkanes) is 30. The zero-order valence-corrected chi connectivity index (χ0v) is 39.0. The quantitative estimate of drug-likeness (QED) is 0.0351. The first-order valence-corrected chi connectivity index (χ1v) is 25.7. The highest BCUT2D eigenvalue weighted by Gasteiger charge is 2.21. The third-order valence-corrected chi connectivity index (χ3v) is 12.8.